The van der Waals surface area contributed by atoms with Crippen LogP contribution in [0.25, 0.3) is 21.7 Å². The van der Waals surface area contributed by atoms with Crippen molar-refractivity contribution in [3.63, 3.8) is 0 Å². The Bertz CT molecular complexity index is 1300. The summed E-state index contributed by atoms with van der Waals surface area (Å²) in [6.07, 6.45) is 5.57. The molecule has 0 radical (unpaired) electrons. The molecule has 2 N–H and O–H groups in total. The minimum absolute atomic E-state index is 0.0112. The molecule has 6 heteroatoms. The minimum Gasteiger partial charge on any atom is -0.350 e. The number of nitrogens with one attached hydrogen (secondary N) is 2. The molecule has 0 aliphatic heterocycles. The zero-order valence-electron chi connectivity index (χ0n) is 16.9. The zero-order valence-corrected chi connectivity index (χ0v) is 16.9. The Kier molecular flexibility index (Phi) is 4.62. The van der Waals surface area contributed by atoms with E-state index in [9.17, 15) is 9.59 Å². The largest absolute Gasteiger partial charge is 0.350 e. The Morgan fingerprint density at radius 2 is 1.67 bits per heavy atom. The van der Waals surface area contributed by atoms with Gasteiger partial charge in [0, 0.05) is 41.5 Å². The fourth-order valence-corrected chi connectivity index (χ4v) is 4.74. The number of aromatic nitrogens is 3. The third-order valence-corrected chi connectivity index (χ3v) is 6.32. The van der Waals surface area contributed by atoms with Crippen LogP contribution >= 0.6 is 0 Å². The second-order valence-corrected chi connectivity index (χ2v) is 8.18. The Hall–Kier alpha value is -3.41. The van der Waals surface area contributed by atoms with Crippen LogP contribution in [-0.4, -0.2) is 26.7 Å². The van der Waals surface area contributed by atoms with Gasteiger partial charge in [0.15, 0.2) is 0 Å². The zero-order chi connectivity index (χ0) is 20.7. The highest BCUT2D eigenvalue weighted by atomic mass is 16.1. The van der Waals surface area contributed by atoms with Crippen molar-refractivity contribution in [3.05, 3.63) is 76.3 Å². The van der Waals surface area contributed by atoms with Crippen molar-refractivity contribution in [3.8, 4) is 0 Å². The van der Waals surface area contributed by atoms with Gasteiger partial charge in [-0.3, -0.25) is 9.59 Å². The molecule has 1 saturated carbocycles. The van der Waals surface area contributed by atoms with Gasteiger partial charge in [-0.05, 0) is 37.8 Å². The number of carbonyl (C=O) groups is 1. The number of benzene rings is 2. The number of nitrogens with zero attached hydrogens (tertiary/aromatic N) is 2. The van der Waals surface area contributed by atoms with Gasteiger partial charge in [0.1, 0.15) is 0 Å². The van der Waals surface area contributed by atoms with Gasteiger partial charge in [-0.2, -0.15) is 5.10 Å². The second-order valence-electron chi connectivity index (χ2n) is 8.18. The third-order valence-electron chi connectivity index (χ3n) is 6.32. The van der Waals surface area contributed by atoms with Gasteiger partial charge in [-0.25, -0.2) is 5.10 Å². The summed E-state index contributed by atoms with van der Waals surface area (Å²) in [6.45, 7) is 0. The fourth-order valence-electron chi connectivity index (χ4n) is 4.74. The summed E-state index contributed by atoms with van der Waals surface area (Å²) in [5, 5.41) is 12.9. The van der Waals surface area contributed by atoms with Crippen molar-refractivity contribution < 1.29 is 4.79 Å². The molecule has 1 aliphatic rings. The number of rotatable bonds is 3. The van der Waals surface area contributed by atoms with Crippen LogP contribution in [0.4, 0.5) is 0 Å². The van der Waals surface area contributed by atoms with E-state index in [1.54, 1.807) is 0 Å². The average Bonchev–Trinajstić information content (AvgIpc) is 3.12. The van der Waals surface area contributed by atoms with Crippen molar-refractivity contribution in [2.24, 2.45) is 7.05 Å². The number of aryl methyl sites for hydroxylation is 1. The Morgan fingerprint density at radius 1 is 1.00 bits per heavy atom. The lowest BCUT2D eigenvalue weighted by molar-refractivity contribution is 0.0927. The van der Waals surface area contributed by atoms with Gasteiger partial charge >= 0.3 is 0 Å². The van der Waals surface area contributed by atoms with E-state index in [1.807, 2.05) is 66.3 Å². The van der Waals surface area contributed by atoms with Crippen LogP contribution in [0.2, 0.25) is 0 Å². The predicted octanol–water partition coefficient (Wildman–Crippen LogP) is 3.87. The van der Waals surface area contributed by atoms with E-state index >= 15 is 0 Å². The SMILES string of the molecule is Cn1cc(C(=O)N[C@H]2CC[C@H](c3n[nH]c(=O)c4ccccc43)CC2)c2ccccc21. The van der Waals surface area contributed by atoms with Crippen LogP contribution in [0.3, 0.4) is 0 Å². The number of H-pyrrole nitrogens is 1. The summed E-state index contributed by atoms with van der Waals surface area (Å²) in [6, 6.07) is 15.8. The molecular weight excluding hydrogens is 376 g/mol. The summed E-state index contributed by atoms with van der Waals surface area (Å²) in [5.41, 5.74) is 2.60. The summed E-state index contributed by atoms with van der Waals surface area (Å²) in [7, 11) is 1.96. The molecule has 1 fully saturated rings. The number of fused-ring (bicyclic) bond motifs is 2. The lowest BCUT2D eigenvalue weighted by Crippen LogP contribution is -2.37. The van der Waals surface area contributed by atoms with Gasteiger partial charge < -0.3 is 9.88 Å². The Morgan fingerprint density at radius 3 is 2.43 bits per heavy atom. The molecule has 152 valence electrons. The molecule has 2 heterocycles. The van der Waals surface area contributed by atoms with Gasteiger partial charge in [0.2, 0.25) is 0 Å². The van der Waals surface area contributed by atoms with Crippen molar-refractivity contribution in [2.45, 2.75) is 37.6 Å². The van der Waals surface area contributed by atoms with Crippen LogP contribution in [-0.2, 0) is 7.05 Å². The van der Waals surface area contributed by atoms with E-state index in [2.05, 4.69) is 15.5 Å². The fraction of sp³-hybridized carbons (Fsp3) is 0.292. The maximum absolute atomic E-state index is 12.9. The monoisotopic (exact) mass is 400 g/mol. The molecule has 4 aromatic rings. The highest BCUT2D eigenvalue weighted by Crippen LogP contribution is 2.34. The maximum Gasteiger partial charge on any atom is 0.272 e. The summed E-state index contributed by atoms with van der Waals surface area (Å²) in [5.74, 6) is 0.278. The number of hydrogen-bond donors (Lipinski definition) is 2. The number of hydrogen-bond acceptors (Lipinski definition) is 3. The number of carbonyl (C=O) groups excluding carboxylic acids is 1. The van der Waals surface area contributed by atoms with E-state index in [4.69, 9.17) is 0 Å². The number of aromatic amines is 1. The van der Waals surface area contributed by atoms with Crippen LogP contribution < -0.4 is 10.9 Å². The third kappa shape index (κ3) is 3.18. The smallest absolute Gasteiger partial charge is 0.272 e. The molecule has 0 unspecified atom stereocenters. The van der Waals surface area contributed by atoms with Crippen LogP contribution in [0.5, 0.6) is 0 Å². The van der Waals surface area contributed by atoms with Gasteiger partial charge in [0.25, 0.3) is 11.5 Å². The summed E-state index contributed by atoms with van der Waals surface area (Å²) in [4.78, 5) is 25.0. The number of amides is 1. The molecular formula is C24H24N4O2. The molecule has 1 aliphatic carbocycles. The van der Waals surface area contributed by atoms with Crippen LogP contribution in [0, 0.1) is 0 Å². The van der Waals surface area contributed by atoms with Gasteiger partial charge in [-0.1, -0.05) is 36.4 Å². The number of para-hydroxylation sites is 1. The van der Waals surface area contributed by atoms with Crippen LogP contribution in [0.1, 0.15) is 47.7 Å². The van der Waals surface area contributed by atoms with E-state index in [0.29, 0.717) is 5.39 Å². The normalized spacial score (nSPS) is 19.2. The highest BCUT2D eigenvalue weighted by Gasteiger charge is 2.27. The quantitative estimate of drug-likeness (QED) is 0.548. The highest BCUT2D eigenvalue weighted by molar-refractivity contribution is 6.07. The van der Waals surface area contributed by atoms with E-state index < -0.39 is 0 Å². The first-order valence-electron chi connectivity index (χ1n) is 10.4. The molecule has 1 amide bonds. The van der Waals surface area contributed by atoms with Crippen molar-refractivity contribution >= 4 is 27.6 Å². The van der Waals surface area contributed by atoms with E-state index in [1.165, 1.54) is 0 Å². The molecule has 6 nitrogen and oxygen atoms in total. The van der Waals surface area contributed by atoms with Crippen molar-refractivity contribution in [1.29, 1.82) is 0 Å². The van der Waals surface area contributed by atoms with Gasteiger partial charge in [-0.15, -0.1) is 0 Å². The lowest BCUT2D eigenvalue weighted by Gasteiger charge is -2.29. The molecule has 2 aromatic heterocycles. The molecule has 0 bridgehead atoms. The molecule has 2 aromatic carbocycles. The first kappa shape index (κ1) is 18.6. The molecule has 0 spiro atoms. The van der Waals surface area contributed by atoms with Crippen molar-refractivity contribution in [1.82, 2.24) is 20.1 Å². The van der Waals surface area contributed by atoms with E-state index in [-0.39, 0.29) is 23.4 Å². The molecule has 30 heavy (non-hydrogen) atoms. The predicted molar refractivity (Wildman–Crippen MR) is 118 cm³/mol. The maximum atomic E-state index is 12.9. The summed E-state index contributed by atoms with van der Waals surface area (Å²) < 4.78 is 1.99. The summed E-state index contributed by atoms with van der Waals surface area (Å²) >= 11 is 0. The topological polar surface area (TPSA) is 79.8 Å². The van der Waals surface area contributed by atoms with Crippen LogP contribution in [0.15, 0.2) is 59.5 Å². The first-order chi connectivity index (χ1) is 14.6. The van der Waals surface area contributed by atoms with Crippen molar-refractivity contribution in [2.75, 3.05) is 0 Å². The molecule has 5 rings (SSSR count). The molecule has 0 saturated heterocycles. The second kappa shape index (κ2) is 7.44. The minimum atomic E-state index is -0.148. The molecule has 0 atom stereocenters. The lowest BCUT2D eigenvalue weighted by atomic mass is 9.82. The standard InChI is InChI=1S/C24H24N4O2/c1-28-14-20(17-6-4-5-9-21(17)28)23(29)25-16-12-10-15(11-13-16)22-18-7-2-3-8-19(18)24(30)27-26-22/h2-9,14-16H,10-13H2,1H3,(H,25,29)(H,27,30)/t15-,16-. The Labute approximate surface area is 173 Å². The average molecular weight is 400 g/mol. The first-order valence-corrected chi connectivity index (χ1v) is 10.4. The van der Waals surface area contributed by atoms with E-state index in [0.717, 1.165) is 53.2 Å². The van der Waals surface area contributed by atoms with Gasteiger partial charge in [0.05, 0.1) is 16.6 Å². The Balaban J connectivity index is 1.30.